The van der Waals surface area contributed by atoms with Gasteiger partial charge in [-0.15, -0.1) is 11.3 Å². The lowest BCUT2D eigenvalue weighted by molar-refractivity contribution is 0.438. The number of thioether (sulfide) groups is 1. The first-order valence-electron chi connectivity index (χ1n) is 8.46. The van der Waals surface area contributed by atoms with Crippen molar-refractivity contribution < 1.29 is 9.15 Å². The van der Waals surface area contributed by atoms with Crippen molar-refractivity contribution in [2.45, 2.75) is 16.8 Å². The van der Waals surface area contributed by atoms with Gasteiger partial charge >= 0.3 is 0 Å². The minimum atomic E-state index is 0.300. The van der Waals surface area contributed by atoms with E-state index >= 15 is 0 Å². The summed E-state index contributed by atoms with van der Waals surface area (Å²) in [4.78, 5) is 1.29. The van der Waals surface area contributed by atoms with Gasteiger partial charge < -0.3 is 9.15 Å². The van der Waals surface area contributed by atoms with Crippen LogP contribution < -0.4 is 4.74 Å². The molecule has 128 valence electrons. The Morgan fingerprint density at radius 2 is 2.15 bits per heavy atom. The molecule has 3 aromatic rings. The molecular weight excluding hydrogens is 360 g/mol. The molecule has 1 atom stereocenters. The van der Waals surface area contributed by atoms with E-state index in [4.69, 9.17) is 9.15 Å². The minimum Gasteiger partial charge on any atom is -0.449 e. The highest BCUT2D eigenvalue weighted by molar-refractivity contribution is 7.98. The van der Waals surface area contributed by atoms with E-state index in [9.17, 15) is 0 Å². The molecule has 2 aromatic heterocycles. The van der Waals surface area contributed by atoms with Crippen LogP contribution in [0.4, 0.5) is 0 Å². The van der Waals surface area contributed by atoms with Crippen molar-refractivity contribution in [1.29, 1.82) is 0 Å². The van der Waals surface area contributed by atoms with Crippen LogP contribution >= 0.6 is 23.1 Å². The first-order chi connectivity index (χ1) is 12.8. The summed E-state index contributed by atoms with van der Waals surface area (Å²) in [6.45, 7) is 3.96. The van der Waals surface area contributed by atoms with Gasteiger partial charge in [-0.2, -0.15) is 0 Å². The first kappa shape index (κ1) is 15.8. The Labute approximate surface area is 160 Å². The van der Waals surface area contributed by atoms with E-state index in [1.54, 1.807) is 23.1 Å². The van der Waals surface area contributed by atoms with Gasteiger partial charge in [0.1, 0.15) is 11.3 Å². The lowest BCUT2D eigenvalue weighted by Crippen LogP contribution is -2.03. The number of rotatable bonds is 4. The summed E-state index contributed by atoms with van der Waals surface area (Å²) in [6.07, 6.45) is 12.4. The Hall–Kier alpha value is -2.43. The second kappa shape index (κ2) is 6.38. The number of furan rings is 1. The van der Waals surface area contributed by atoms with Crippen molar-refractivity contribution in [3.8, 4) is 5.06 Å². The standard InChI is InChI=1S/C22H16O2S2/c1-2-17-18-9-5-6-10-20(18)24-21(17)25-13-16-12-19-14-7-3-4-8-15(11-14)23-22(19)26-16/h2-12,14H,1,13H2. The van der Waals surface area contributed by atoms with Crippen molar-refractivity contribution in [2.24, 2.45) is 0 Å². The van der Waals surface area contributed by atoms with Crippen molar-refractivity contribution in [1.82, 2.24) is 0 Å². The van der Waals surface area contributed by atoms with Gasteiger partial charge in [-0.1, -0.05) is 60.8 Å². The van der Waals surface area contributed by atoms with Crippen molar-refractivity contribution in [3.63, 3.8) is 0 Å². The Morgan fingerprint density at radius 1 is 1.23 bits per heavy atom. The fourth-order valence-electron chi connectivity index (χ4n) is 3.29. The molecule has 1 aromatic carbocycles. The number of allylic oxidation sites excluding steroid dienone is 5. The third-order valence-corrected chi connectivity index (χ3v) is 6.76. The maximum absolute atomic E-state index is 6.03. The Balaban J connectivity index is 1.41. The third-order valence-electron chi connectivity index (χ3n) is 4.53. The first-order valence-corrected chi connectivity index (χ1v) is 10.3. The zero-order valence-electron chi connectivity index (χ0n) is 14.0. The summed E-state index contributed by atoms with van der Waals surface area (Å²) in [7, 11) is 0. The van der Waals surface area contributed by atoms with Gasteiger partial charge in [0.25, 0.3) is 0 Å². The SMILES string of the molecule is C=Cc1c(SCc2cc3c(s2)OC2=CC3C=CC=C2)oc2ccccc12. The summed E-state index contributed by atoms with van der Waals surface area (Å²) < 4.78 is 12.0. The van der Waals surface area contributed by atoms with Gasteiger partial charge in [-0.05, 0) is 24.3 Å². The van der Waals surface area contributed by atoms with E-state index in [1.807, 2.05) is 36.4 Å². The number of para-hydroxylation sites is 1. The van der Waals surface area contributed by atoms with E-state index in [2.05, 4.69) is 36.9 Å². The Bertz CT molecular complexity index is 1090. The lowest BCUT2D eigenvalue weighted by Gasteiger charge is -2.16. The molecule has 0 saturated carbocycles. The smallest absolute Gasteiger partial charge is 0.185 e. The van der Waals surface area contributed by atoms with Crippen LogP contribution in [0.5, 0.6) is 5.06 Å². The predicted molar refractivity (Wildman–Crippen MR) is 110 cm³/mol. The Kier molecular flexibility index (Phi) is 3.88. The average molecular weight is 377 g/mol. The number of hydrogen-bond acceptors (Lipinski definition) is 4. The number of thiophene rings is 1. The topological polar surface area (TPSA) is 22.4 Å². The van der Waals surface area contributed by atoms with Gasteiger partial charge in [0, 0.05) is 33.1 Å². The molecule has 0 saturated heterocycles. The minimum absolute atomic E-state index is 0.300. The van der Waals surface area contributed by atoms with Crippen LogP contribution in [0.3, 0.4) is 0 Å². The molecule has 3 heterocycles. The van der Waals surface area contributed by atoms with Gasteiger partial charge in [0.05, 0.1) is 0 Å². The second-order valence-electron chi connectivity index (χ2n) is 6.19. The van der Waals surface area contributed by atoms with Crippen LogP contribution in [0.15, 0.2) is 82.6 Å². The van der Waals surface area contributed by atoms with E-state index in [0.29, 0.717) is 5.92 Å². The third kappa shape index (κ3) is 2.66. The number of fused-ring (bicyclic) bond motifs is 4. The molecule has 0 fully saturated rings. The Morgan fingerprint density at radius 3 is 3.08 bits per heavy atom. The lowest BCUT2D eigenvalue weighted by atomic mass is 9.99. The maximum Gasteiger partial charge on any atom is 0.185 e. The van der Waals surface area contributed by atoms with Crippen LogP contribution in [0.2, 0.25) is 0 Å². The van der Waals surface area contributed by atoms with Crippen molar-refractivity contribution >= 4 is 40.1 Å². The summed E-state index contributed by atoms with van der Waals surface area (Å²) in [5.74, 6) is 2.08. The summed E-state index contributed by atoms with van der Waals surface area (Å²) in [5, 5.41) is 3.05. The molecule has 4 heteroatoms. The zero-order valence-corrected chi connectivity index (χ0v) is 15.6. The molecule has 2 nitrogen and oxygen atoms in total. The molecule has 1 unspecified atom stereocenters. The summed E-state index contributed by atoms with van der Waals surface area (Å²) in [5.41, 5.74) is 3.24. The zero-order chi connectivity index (χ0) is 17.5. The fourth-order valence-corrected chi connectivity index (χ4v) is 5.44. The van der Waals surface area contributed by atoms with Gasteiger partial charge in [0.2, 0.25) is 0 Å². The molecular formula is C22H16O2S2. The van der Waals surface area contributed by atoms with Crippen LogP contribution in [0.1, 0.15) is 21.9 Å². The summed E-state index contributed by atoms with van der Waals surface area (Å²) in [6, 6.07) is 10.4. The largest absolute Gasteiger partial charge is 0.449 e. The molecule has 0 spiro atoms. The molecule has 1 aliphatic heterocycles. The van der Waals surface area contributed by atoms with Crippen LogP contribution in [0, 0.1) is 0 Å². The van der Waals surface area contributed by atoms with Gasteiger partial charge in [-0.25, -0.2) is 0 Å². The molecule has 2 aliphatic rings. The number of benzene rings is 1. The predicted octanol–water partition coefficient (Wildman–Crippen LogP) is 6.92. The monoisotopic (exact) mass is 376 g/mol. The second-order valence-corrected chi connectivity index (χ2v) is 8.24. The molecule has 26 heavy (non-hydrogen) atoms. The van der Waals surface area contributed by atoms with Gasteiger partial charge in [-0.3, -0.25) is 0 Å². The maximum atomic E-state index is 6.03. The number of ether oxygens (including phenoxy) is 1. The quantitative estimate of drug-likeness (QED) is 0.462. The molecule has 0 amide bonds. The van der Waals surface area contributed by atoms with E-state index in [-0.39, 0.29) is 0 Å². The van der Waals surface area contributed by atoms with E-state index in [1.165, 1.54) is 10.4 Å². The molecule has 2 bridgehead atoms. The van der Waals surface area contributed by atoms with Crippen molar-refractivity contribution in [3.05, 3.63) is 89.1 Å². The average Bonchev–Trinajstić information content (AvgIpc) is 3.17. The van der Waals surface area contributed by atoms with Crippen LogP contribution in [-0.4, -0.2) is 0 Å². The highest BCUT2D eigenvalue weighted by atomic mass is 32.2. The fraction of sp³-hybridized carbons (Fsp3) is 0.0909. The highest BCUT2D eigenvalue weighted by Gasteiger charge is 2.23. The summed E-state index contributed by atoms with van der Waals surface area (Å²) >= 11 is 3.43. The van der Waals surface area contributed by atoms with Gasteiger partial charge in [0.15, 0.2) is 10.2 Å². The number of hydrogen-bond donors (Lipinski definition) is 0. The van der Waals surface area contributed by atoms with E-state index < -0.39 is 0 Å². The molecule has 0 N–H and O–H groups in total. The highest BCUT2D eigenvalue weighted by Crippen LogP contribution is 2.44. The van der Waals surface area contributed by atoms with Crippen LogP contribution in [-0.2, 0) is 5.75 Å². The molecule has 0 radical (unpaired) electrons. The van der Waals surface area contributed by atoms with Crippen molar-refractivity contribution in [2.75, 3.05) is 0 Å². The molecule has 5 rings (SSSR count). The van der Waals surface area contributed by atoms with E-state index in [0.717, 1.165) is 38.2 Å². The molecule has 1 aliphatic carbocycles. The normalized spacial score (nSPS) is 17.5. The van der Waals surface area contributed by atoms with Crippen LogP contribution in [0.25, 0.3) is 17.0 Å².